The monoisotopic (exact) mass is 312 g/mol. The van der Waals surface area contributed by atoms with E-state index in [1.54, 1.807) is 26.2 Å². The second-order valence-electron chi connectivity index (χ2n) is 4.97. The number of hydrogen-bond donors (Lipinski definition) is 0. The Labute approximate surface area is 136 Å². The Kier molecular flexibility index (Phi) is 5.41. The second kappa shape index (κ2) is 7.49. The minimum atomic E-state index is -0.148. The van der Waals surface area contributed by atoms with Gasteiger partial charge in [-0.3, -0.25) is 4.79 Å². The summed E-state index contributed by atoms with van der Waals surface area (Å²) >= 11 is 0. The van der Waals surface area contributed by atoms with Gasteiger partial charge in [0.1, 0.15) is 22.8 Å². The van der Waals surface area contributed by atoms with E-state index in [1.165, 1.54) is 14.2 Å². The summed E-state index contributed by atoms with van der Waals surface area (Å²) in [6.07, 6.45) is 1.84. The van der Waals surface area contributed by atoms with E-state index >= 15 is 0 Å². The lowest BCUT2D eigenvalue weighted by Crippen LogP contribution is -2.07. The van der Waals surface area contributed by atoms with Gasteiger partial charge in [0, 0.05) is 12.1 Å². The molecule has 0 N–H and O–H groups in total. The van der Waals surface area contributed by atoms with Gasteiger partial charge in [0.2, 0.25) is 0 Å². The van der Waals surface area contributed by atoms with Crippen molar-refractivity contribution in [2.45, 2.75) is 6.92 Å². The van der Waals surface area contributed by atoms with Gasteiger partial charge in [0.25, 0.3) is 0 Å². The van der Waals surface area contributed by atoms with Gasteiger partial charge in [-0.05, 0) is 24.1 Å². The summed E-state index contributed by atoms with van der Waals surface area (Å²) in [5.74, 6) is 1.27. The summed E-state index contributed by atoms with van der Waals surface area (Å²) in [4.78, 5) is 12.8. The van der Waals surface area contributed by atoms with Gasteiger partial charge in [0.05, 0.1) is 21.3 Å². The standard InChI is InChI=1S/C19H20O4/c1-13(10-14-8-6-5-7-9-14)19(20)18-16(22-3)11-15(21-2)12-17(18)23-4/h5-12H,1-4H3/b13-10+. The molecule has 2 rings (SSSR count). The van der Waals surface area contributed by atoms with E-state index in [2.05, 4.69) is 0 Å². The van der Waals surface area contributed by atoms with Crippen molar-refractivity contribution in [1.29, 1.82) is 0 Å². The number of rotatable bonds is 6. The van der Waals surface area contributed by atoms with Crippen molar-refractivity contribution in [2.75, 3.05) is 21.3 Å². The van der Waals surface area contributed by atoms with Crippen molar-refractivity contribution in [2.24, 2.45) is 0 Å². The number of benzene rings is 2. The smallest absolute Gasteiger partial charge is 0.196 e. The Bertz CT molecular complexity index is 692. The summed E-state index contributed by atoms with van der Waals surface area (Å²) in [5, 5.41) is 0. The molecule has 2 aromatic carbocycles. The highest BCUT2D eigenvalue weighted by Gasteiger charge is 2.21. The van der Waals surface area contributed by atoms with E-state index in [9.17, 15) is 4.79 Å². The molecule has 4 nitrogen and oxygen atoms in total. The number of carbonyl (C=O) groups is 1. The highest BCUT2D eigenvalue weighted by atomic mass is 16.5. The number of hydrogen-bond acceptors (Lipinski definition) is 4. The van der Waals surface area contributed by atoms with E-state index in [0.717, 1.165) is 5.56 Å². The minimum Gasteiger partial charge on any atom is -0.496 e. The highest BCUT2D eigenvalue weighted by molar-refractivity contribution is 6.14. The van der Waals surface area contributed by atoms with Crippen molar-refractivity contribution in [3.05, 3.63) is 59.2 Å². The van der Waals surface area contributed by atoms with Gasteiger partial charge in [0.15, 0.2) is 5.78 Å². The fourth-order valence-electron chi connectivity index (χ4n) is 2.29. The number of Topliss-reactive ketones (excluding diaryl/α,β-unsaturated/α-hetero) is 1. The molecule has 23 heavy (non-hydrogen) atoms. The Morgan fingerprint density at radius 3 is 1.96 bits per heavy atom. The van der Waals surface area contributed by atoms with Gasteiger partial charge in [-0.2, -0.15) is 0 Å². The van der Waals surface area contributed by atoms with Crippen molar-refractivity contribution in [1.82, 2.24) is 0 Å². The van der Waals surface area contributed by atoms with Crippen LogP contribution in [-0.4, -0.2) is 27.1 Å². The molecule has 0 aliphatic rings. The molecule has 0 heterocycles. The van der Waals surface area contributed by atoms with Crippen LogP contribution in [0.25, 0.3) is 6.08 Å². The topological polar surface area (TPSA) is 44.8 Å². The van der Waals surface area contributed by atoms with E-state index in [-0.39, 0.29) is 5.78 Å². The Morgan fingerprint density at radius 1 is 0.913 bits per heavy atom. The summed E-state index contributed by atoms with van der Waals surface area (Å²) in [5.41, 5.74) is 1.95. The predicted molar refractivity (Wildman–Crippen MR) is 90.5 cm³/mol. The molecule has 0 saturated carbocycles. The molecule has 0 aromatic heterocycles. The third-order valence-corrected chi connectivity index (χ3v) is 3.48. The Balaban J connectivity index is 2.48. The maximum atomic E-state index is 12.8. The van der Waals surface area contributed by atoms with Crippen LogP contribution < -0.4 is 14.2 Å². The highest BCUT2D eigenvalue weighted by Crippen LogP contribution is 2.35. The SMILES string of the molecule is COc1cc(OC)c(C(=O)/C(C)=C/c2ccccc2)c(OC)c1. The first kappa shape index (κ1) is 16.6. The lowest BCUT2D eigenvalue weighted by atomic mass is 10.00. The van der Waals surface area contributed by atoms with Crippen molar-refractivity contribution < 1.29 is 19.0 Å². The average Bonchev–Trinajstić information content (AvgIpc) is 2.60. The van der Waals surface area contributed by atoms with Gasteiger partial charge < -0.3 is 14.2 Å². The maximum Gasteiger partial charge on any atom is 0.196 e. The first-order valence-electron chi connectivity index (χ1n) is 7.18. The van der Waals surface area contributed by atoms with Crippen LogP contribution >= 0.6 is 0 Å². The molecule has 0 aliphatic carbocycles. The van der Waals surface area contributed by atoms with E-state index in [0.29, 0.717) is 28.4 Å². The number of ether oxygens (including phenoxy) is 3. The molecular formula is C19H20O4. The summed E-state index contributed by atoms with van der Waals surface area (Å²) in [6.45, 7) is 1.78. The zero-order valence-electron chi connectivity index (χ0n) is 13.8. The van der Waals surface area contributed by atoms with Crippen LogP contribution in [0.2, 0.25) is 0 Å². The van der Waals surface area contributed by atoms with E-state index < -0.39 is 0 Å². The molecule has 0 fully saturated rings. The molecule has 4 heteroatoms. The van der Waals surface area contributed by atoms with Gasteiger partial charge in [-0.1, -0.05) is 30.3 Å². The van der Waals surface area contributed by atoms with Gasteiger partial charge in [-0.15, -0.1) is 0 Å². The van der Waals surface area contributed by atoms with Crippen molar-refractivity contribution in [3.63, 3.8) is 0 Å². The molecule has 120 valence electrons. The molecule has 2 aromatic rings. The molecule has 0 saturated heterocycles. The molecule has 0 spiro atoms. The number of ketones is 1. The van der Waals surface area contributed by atoms with Crippen LogP contribution in [0.3, 0.4) is 0 Å². The van der Waals surface area contributed by atoms with Gasteiger partial charge in [-0.25, -0.2) is 0 Å². The van der Waals surface area contributed by atoms with Gasteiger partial charge >= 0.3 is 0 Å². The zero-order chi connectivity index (χ0) is 16.8. The molecular weight excluding hydrogens is 292 g/mol. The van der Waals surface area contributed by atoms with Crippen LogP contribution in [-0.2, 0) is 0 Å². The maximum absolute atomic E-state index is 12.8. The normalized spacial score (nSPS) is 11.0. The van der Waals surface area contributed by atoms with Crippen LogP contribution in [0.1, 0.15) is 22.8 Å². The number of methoxy groups -OCH3 is 3. The molecule has 0 bridgehead atoms. The first-order valence-corrected chi connectivity index (χ1v) is 7.18. The molecule has 0 unspecified atom stereocenters. The lowest BCUT2D eigenvalue weighted by molar-refractivity contribution is 0.102. The first-order chi connectivity index (χ1) is 11.1. The summed E-state index contributed by atoms with van der Waals surface area (Å²) in [7, 11) is 4.58. The van der Waals surface area contributed by atoms with Crippen LogP contribution in [0.5, 0.6) is 17.2 Å². The van der Waals surface area contributed by atoms with Crippen LogP contribution in [0, 0.1) is 0 Å². The molecule has 0 radical (unpaired) electrons. The van der Waals surface area contributed by atoms with E-state index in [1.807, 2.05) is 36.4 Å². The molecule has 0 atom stereocenters. The number of carbonyl (C=O) groups excluding carboxylic acids is 1. The molecule has 0 aliphatic heterocycles. The fourth-order valence-corrected chi connectivity index (χ4v) is 2.29. The van der Waals surface area contributed by atoms with Crippen molar-refractivity contribution >= 4 is 11.9 Å². The lowest BCUT2D eigenvalue weighted by Gasteiger charge is -2.14. The quantitative estimate of drug-likeness (QED) is 0.597. The third-order valence-electron chi connectivity index (χ3n) is 3.48. The van der Waals surface area contributed by atoms with Crippen LogP contribution in [0.4, 0.5) is 0 Å². The van der Waals surface area contributed by atoms with E-state index in [4.69, 9.17) is 14.2 Å². The van der Waals surface area contributed by atoms with Crippen LogP contribution in [0.15, 0.2) is 48.0 Å². The largest absolute Gasteiger partial charge is 0.496 e. The fraction of sp³-hybridized carbons (Fsp3) is 0.211. The zero-order valence-corrected chi connectivity index (χ0v) is 13.8. The summed E-state index contributed by atoms with van der Waals surface area (Å²) in [6, 6.07) is 13.0. The molecule has 0 amide bonds. The third kappa shape index (κ3) is 3.72. The average molecular weight is 312 g/mol. The predicted octanol–water partition coefficient (Wildman–Crippen LogP) is 4.00. The Hall–Kier alpha value is -2.75. The minimum absolute atomic E-state index is 0.148. The van der Waals surface area contributed by atoms with Crippen molar-refractivity contribution in [3.8, 4) is 17.2 Å². The number of allylic oxidation sites excluding steroid dienone is 1. The second-order valence-corrected chi connectivity index (χ2v) is 4.97. The summed E-state index contributed by atoms with van der Waals surface area (Å²) < 4.78 is 15.9. The Morgan fingerprint density at radius 2 is 1.48 bits per heavy atom.